The number of benzene rings is 3. The van der Waals surface area contributed by atoms with Crippen molar-refractivity contribution in [3.05, 3.63) is 113 Å². The van der Waals surface area contributed by atoms with Gasteiger partial charge in [-0.2, -0.15) is 0 Å². The second kappa shape index (κ2) is 6.89. The number of ketones is 2. The van der Waals surface area contributed by atoms with Crippen LogP contribution in [0.5, 0.6) is 5.75 Å². The number of anilines is 1. The van der Waals surface area contributed by atoms with Crippen molar-refractivity contribution in [1.82, 2.24) is 0 Å². The van der Waals surface area contributed by atoms with Gasteiger partial charge in [0.25, 0.3) is 0 Å². The zero-order valence-corrected chi connectivity index (χ0v) is 17.3. The molecular formula is C27H18N2O3. The first kappa shape index (κ1) is 18.5. The average molecular weight is 418 g/mol. The highest BCUT2D eigenvalue weighted by atomic mass is 16.5. The molecule has 0 bridgehead atoms. The molecule has 0 fully saturated rings. The van der Waals surface area contributed by atoms with E-state index in [0.717, 1.165) is 11.3 Å². The van der Waals surface area contributed by atoms with Crippen molar-refractivity contribution < 1.29 is 14.3 Å². The number of nitrogens with zero attached hydrogens (tertiary/aromatic N) is 1. The smallest absolute Gasteiger partial charge is 0.192 e. The van der Waals surface area contributed by atoms with Gasteiger partial charge in [0.05, 0.1) is 17.3 Å². The molecule has 1 aliphatic heterocycles. The van der Waals surface area contributed by atoms with Crippen LogP contribution in [0.25, 0.3) is 0 Å². The summed E-state index contributed by atoms with van der Waals surface area (Å²) in [5.74, 6) is -0.0196. The minimum atomic E-state index is -0.821. The van der Waals surface area contributed by atoms with E-state index in [4.69, 9.17) is 9.73 Å². The highest BCUT2D eigenvalue weighted by Crippen LogP contribution is 2.43. The highest BCUT2D eigenvalue weighted by molar-refractivity contribution is 6.33. The third kappa shape index (κ3) is 2.75. The van der Waals surface area contributed by atoms with Gasteiger partial charge >= 0.3 is 0 Å². The van der Waals surface area contributed by atoms with Gasteiger partial charge in [-0.05, 0) is 36.8 Å². The molecule has 0 saturated heterocycles. The van der Waals surface area contributed by atoms with Crippen molar-refractivity contribution in [3.63, 3.8) is 0 Å². The summed E-state index contributed by atoms with van der Waals surface area (Å²) < 4.78 is 6.20. The molecule has 3 aliphatic rings. The Morgan fingerprint density at radius 3 is 2.47 bits per heavy atom. The van der Waals surface area contributed by atoms with Gasteiger partial charge in [0.15, 0.2) is 23.1 Å². The van der Waals surface area contributed by atoms with Crippen molar-refractivity contribution in [2.24, 2.45) is 10.9 Å². The lowest BCUT2D eigenvalue weighted by Gasteiger charge is -2.34. The molecular weight excluding hydrogens is 400 g/mol. The van der Waals surface area contributed by atoms with Crippen LogP contribution < -0.4 is 10.1 Å². The van der Waals surface area contributed by atoms with Crippen LogP contribution in [0.3, 0.4) is 0 Å². The monoisotopic (exact) mass is 418 g/mol. The first-order valence-corrected chi connectivity index (χ1v) is 10.4. The molecule has 0 aromatic heterocycles. The van der Waals surface area contributed by atoms with E-state index in [1.165, 1.54) is 0 Å². The summed E-state index contributed by atoms with van der Waals surface area (Å²) >= 11 is 0. The highest BCUT2D eigenvalue weighted by Gasteiger charge is 2.46. The standard InChI is InChI=1S/C27H18N2O3/c1-15-11-12-19-21(13-15)32-22-14-20(28-16-7-3-2-4-8-16)23-24(25(22)29-19)27(31)18-10-6-5-9-17(18)26(23)30/h2-14,24,28H,1H3. The summed E-state index contributed by atoms with van der Waals surface area (Å²) in [4.78, 5) is 32.0. The van der Waals surface area contributed by atoms with E-state index < -0.39 is 5.92 Å². The fourth-order valence-corrected chi connectivity index (χ4v) is 4.45. The maximum atomic E-state index is 13.6. The largest absolute Gasteiger partial charge is 0.453 e. The SMILES string of the molecule is Cc1ccc2c(c1)OC1=CC(Nc3ccccc3)=C3C(=O)c4ccccc4C(=O)C3C1=N2. The number of carbonyl (C=O) groups is 2. The fraction of sp³-hybridized carbons (Fsp3) is 0.0741. The van der Waals surface area contributed by atoms with E-state index in [9.17, 15) is 9.59 Å². The number of Topliss-reactive ketones (excluding diaryl/α,β-unsaturated/α-hetero) is 2. The summed E-state index contributed by atoms with van der Waals surface area (Å²) in [5, 5.41) is 3.33. The van der Waals surface area contributed by atoms with Crippen LogP contribution in [-0.2, 0) is 0 Å². The van der Waals surface area contributed by atoms with Crippen LogP contribution in [0.2, 0.25) is 0 Å². The van der Waals surface area contributed by atoms with Crippen LogP contribution in [0.1, 0.15) is 26.3 Å². The molecule has 0 saturated carbocycles. The number of aliphatic imine (C=N–C) groups is 1. The minimum Gasteiger partial charge on any atom is -0.453 e. The molecule has 3 aromatic rings. The third-order valence-electron chi connectivity index (χ3n) is 5.95. The maximum Gasteiger partial charge on any atom is 0.192 e. The average Bonchev–Trinajstić information content (AvgIpc) is 2.81. The molecule has 1 heterocycles. The Kier molecular flexibility index (Phi) is 3.98. The molecule has 32 heavy (non-hydrogen) atoms. The van der Waals surface area contributed by atoms with Gasteiger partial charge in [-0.25, -0.2) is 4.99 Å². The third-order valence-corrected chi connectivity index (χ3v) is 5.95. The Balaban J connectivity index is 1.58. The van der Waals surface area contributed by atoms with Crippen molar-refractivity contribution in [1.29, 1.82) is 0 Å². The molecule has 5 heteroatoms. The molecule has 1 N–H and O–H groups in total. The summed E-state index contributed by atoms with van der Waals surface area (Å²) in [6.45, 7) is 1.98. The normalized spacial score (nSPS) is 18.5. The van der Waals surface area contributed by atoms with Gasteiger partial charge in [0, 0.05) is 28.5 Å². The molecule has 0 amide bonds. The quantitative estimate of drug-likeness (QED) is 0.604. The van der Waals surface area contributed by atoms with E-state index in [1.54, 1.807) is 30.3 Å². The van der Waals surface area contributed by atoms with Gasteiger partial charge in [-0.1, -0.05) is 48.5 Å². The molecule has 154 valence electrons. The van der Waals surface area contributed by atoms with Gasteiger partial charge < -0.3 is 10.1 Å². The number of carbonyl (C=O) groups excluding carboxylic acids is 2. The van der Waals surface area contributed by atoms with Gasteiger partial charge in [0.2, 0.25) is 0 Å². The van der Waals surface area contributed by atoms with E-state index in [0.29, 0.717) is 45.3 Å². The minimum absolute atomic E-state index is 0.147. The Morgan fingerprint density at radius 2 is 1.66 bits per heavy atom. The van der Waals surface area contributed by atoms with Crippen LogP contribution >= 0.6 is 0 Å². The molecule has 3 aromatic carbocycles. The number of rotatable bonds is 2. The predicted octanol–water partition coefficient (Wildman–Crippen LogP) is 5.42. The topological polar surface area (TPSA) is 67.8 Å². The second-order valence-corrected chi connectivity index (χ2v) is 8.07. The number of aryl methyl sites for hydroxylation is 1. The zero-order chi connectivity index (χ0) is 21.8. The molecule has 5 nitrogen and oxygen atoms in total. The molecule has 6 rings (SSSR count). The van der Waals surface area contributed by atoms with Gasteiger partial charge in [-0.3, -0.25) is 9.59 Å². The van der Waals surface area contributed by atoms with Gasteiger partial charge in [-0.15, -0.1) is 0 Å². The Labute approximate surface area is 184 Å². The molecule has 1 unspecified atom stereocenters. The number of hydrogen-bond donors (Lipinski definition) is 1. The van der Waals surface area contributed by atoms with Crippen LogP contribution in [0.4, 0.5) is 11.4 Å². The molecule has 2 aliphatic carbocycles. The van der Waals surface area contributed by atoms with Crippen molar-refractivity contribution in [2.45, 2.75) is 6.92 Å². The Morgan fingerprint density at radius 1 is 0.906 bits per heavy atom. The number of ether oxygens (including phenoxy) is 1. The first-order valence-electron chi connectivity index (χ1n) is 10.4. The lowest BCUT2D eigenvalue weighted by Crippen LogP contribution is -2.41. The Bertz CT molecular complexity index is 1410. The van der Waals surface area contributed by atoms with E-state index >= 15 is 0 Å². The molecule has 0 spiro atoms. The summed E-state index contributed by atoms with van der Waals surface area (Å²) in [5.41, 5.74) is 4.79. The lowest BCUT2D eigenvalue weighted by molar-refractivity contribution is 0.0909. The number of allylic oxidation sites excluding steroid dienone is 3. The summed E-state index contributed by atoms with van der Waals surface area (Å²) in [6.07, 6.45) is 1.78. The number of nitrogens with one attached hydrogen (secondary N) is 1. The Hall–Kier alpha value is -4.25. The van der Waals surface area contributed by atoms with Crippen molar-refractivity contribution in [3.8, 4) is 5.75 Å². The van der Waals surface area contributed by atoms with E-state index in [1.807, 2.05) is 55.5 Å². The summed E-state index contributed by atoms with van der Waals surface area (Å²) in [7, 11) is 0. The van der Waals surface area contributed by atoms with E-state index in [-0.39, 0.29) is 11.6 Å². The summed E-state index contributed by atoms with van der Waals surface area (Å²) in [6, 6.07) is 22.3. The molecule has 1 atom stereocenters. The second-order valence-electron chi connectivity index (χ2n) is 8.07. The predicted molar refractivity (Wildman–Crippen MR) is 123 cm³/mol. The van der Waals surface area contributed by atoms with Crippen LogP contribution in [0.15, 0.2) is 101 Å². The van der Waals surface area contributed by atoms with E-state index in [2.05, 4.69) is 5.32 Å². The zero-order valence-electron chi connectivity index (χ0n) is 17.3. The first-order chi connectivity index (χ1) is 15.6. The van der Waals surface area contributed by atoms with Gasteiger partial charge in [0.1, 0.15) is 5.69 Å². The lowest BCUT2D eigenvalue weighted by atomic mass is 9.72. The van der Waals surface area contributed by atoms with Crippen LogP contribution in [0, 0.1) is 12.8 Å². The number of hydrogen-bond acceptors (Lipinski definition) is 5. The number of para-hydroxylation sites is 1. The van der Waals surface area contributed by atoms with Crippen molar-refractivity contribution >= 4 is 28.7 Å². The number of fused-ring (bicyclic) bond motifs is 5. The fourth-order valence-electron chi connectivity index (χ4n) is 4.45. The van der Waals surface area contributed by atoms with Crippen molar-refractivity contribution in [2.75, 3.05) is 5.32 Å². The maximum absolute atomic E-state index is 13.6. The van der Waals surface area contributed by atoms with Crippen LogP contribution in [-0.4, -0.2) is 17.3 Å². The molecule has 0 radical (unpaired) electrons.